The van der Waals surface area contributed by atoms with Gasteiger partial charge in [0.2, 0.25) is 0 Å². The molecule has 1 aliphatic heterocycles. The standard InChI is InChI=1S/C8H11N3/c1-5-3-2-4-6-7(5)11-8(9)10-6/h2-4,8,10-11H,9H2,1H3. The fraction of sp³-hybridized carbons (Fsp3) is 0.250. The van der Waals surface area contributed by atoms with Crippen molar-refractivity contribution < 1.29 is 0 Å². The minimum absolute atomic E-state index is 0.133. The Kier molecular flexibility index (Phi) is 1.26. The summed E-state index contributed by atoms with van der Waals surface area (Å²) in [6.45, 7) is 2.06. The molecule has 0 fully saturated rings. The van der Waals surface area contributed by atoms with Crippen LogP contribution in [-0.4, -0.2) is 6.29 Å². The lowest BCUT2D eigenvalue weighted by Crippen LogP contribution is -2.32. The zero-order chi connectivity index (χ0) is 7.84. The van der Waals surface area contributed by atoms with E-state index in [2.05, 4.69) is 23.6 Å². The Morgan fingerprint density at radius 1 is 1.36 bits per heavy atom. The first-order chi connectivity index (χ1) is 5.27. The molecule has 0 radical (unpaired) electrons. The van der Waals surface area contributed by atoms with Crippen LogP contribution in [0.15, 0.2) is 18.2 Å². The summed E-state index contributed by atoms with van der Waals surface area (Å²) in [5, 5.41) is 6.24. The summed E-state index contributed by atoms with van der Waals surface area (Å²) in [5.41, 5.74) is 9.08. The van der Waals surface area contributed by atoms with Gasteiger partial charge < -0.3 is 10.6 Å². The van der Waals surface area contributed by atoms with Crippen molar-refractivity contribution in [1.29, 1.82) is 0 Å². The van der Waals surface area contributed by atoms with Gasteiger partial charge in [0.1, 0.15) is 0 Å². The highest BCUT2D eigenvalue weighted by Gasteiger charge is 2.15. The number of fused-ring (bicyclic) bond motifs is 1. The molecule has 0 saturated carbocycles. The fourth-order valence-corrected chi connectivity index (χ4v) is 1.34. The molecule has 0 amide bonds. The predicted molar refractivity (Wildman–Crippen MR) is 46.4 cm³/mol. The van der Waals surface area contributed by atoms with Crippen molar-refractivity contribution in [3.8, 4) is 0 Å². The highest BCUT2D eigenvalue weighted by Crippen LogP contribution is 2.30. The number of hydrogen-bond acceptors (Lipinski definition) is 3. The van der Waals surface area contributed by atoms with Gasteiger partial charge in [0, 0.05) is 0 Å². The summed E-state index contributed by atoms with van der Waals surface area (Å²) >= 11 is 0. The molecule has 0 bridgehead atoms. The van der Waals surface area contributed by atoms with Crippen LogP contribution in [0.3, 0.4) is 0 Å². The van der Waals surface area contributed by atoms with Crippen molar-refractivity contribution in [3.05, 3.63) is 23.8 Å². The quantitative estimate of drug-likeness (QED) is 0.517. The smallest absolute Gasteiger partial charge is 0.150 e. The molecule has 0 saturated heterocycles. The molecule has 0 spiro atoms. The second kappa shape index (κ2) is 2.13. The molecule has 1 aliphatic rings. The van der Waals surface area contributed by atoms with E-state index in [9.17, 15) is 0 Å². The van der Waals surface area contributed by atoms with Gasteiger partial charge in [0.05, 0.1) is 11.4 Å². The average molecular weight is 149 g/mol. The Morgan fingerprint density at radius 3 is 2.91 bits per heavy atom. The van der Waals surface area contributed by atoms with Crippen molar-refractivity contribution in [3.63, 3.8) is 0 Å². The van der Waals surface area contributed by atoms with Gasteiger partial charge in [-0.15, -0.1) is 0 Å². The number of benzene rings is 1. The maximum atomic E-state index is 5.63. The van der Waals surface area contributed by atoms with Crippen molar-refractivity contribution in [2.75, 3.05) is 10.6 Å². The van der Waals surface area contributed by atoms with Gasteiger partial charge in [0.25, 0.3) is 0 Å². The third kappa shape index (κ3) is 0.935. The normalized spacial score (nSPS) is 20.4. The minimum Gasteiger partial charge on any atom is -0.352 e. The Balaban J connectivity index is 2.49. The Hall–Kier alpha value is -1.22. The van der Waals surface area contributed by atoms with E-state index < -0.39 is 0 Å². The van der Waals surface area contributed by atoms with Gasteiger partial charge in [-0.3, -0.25) is 5.73 Å². The van der Waals surface area contributed by atoms with Crippen LogP contribution >= 0.6 is 0 Å². The molecule has 0 aromatic heterocycles. The molecule has 1 unspecified atom stereocenters. The van der Waals surface area contributed by atoms with Crippen LogP contribution in [-0.2, 0) is 0 Å². The summed E-state index contributed by atoms with van der Waals surface area (Å²) in [7, 11) is 0. The first-order valence-corrected chi connectivity index (χ1v) is 3.65. The van der Waals surface area contributed by atoms with E-state index in [0.29, 0.717) is 0 Å². The topological polar surface area (TPSA) is 50.1 Å². The fourth-order valence-electron chi connectivity index (χ4n) is 1.34. The highest BCUT2D eigenvalue weighted by molar-refractivity contribution is 5.77. The number of hydrogen-bond donors (Lipinski definition) is 3. The summed E-state index contributed by atoms with van der Waals surface area (Å²) < 4.78 is 0. The first kappa shape index (κ1) is 6.49. The number of nitrogens with one attached hydrogen (secondary N) is 2. The molecule has 0 aliphatic carbocycles. The van der Waals surface area contributed by atoms with Crippen molar-refractivity contribution in [1.82, 2.24) is 0 Å². The van der Waals surface area contributed by atoms with Crippen LogP contribution in [0.1, 0.15) is 5.56 Å². The summed E-state index contributed by atoms with van der Waals surface area (Å²) in [5.74, 6) is 0. The van der Waals surface area contributed by atoms with Gasteiger partial charge in [-0.2, -0.15) is 0 Å². The van der Waals surface area contributed by atoms with Gasteiger partial charge in [-0.1, -0.05) is 12.1 Å². The van der Waals surface area contributed by atoms with Crippen LogP contribution in [0.5, 0.6) is 0 Å². The van der Waals surface area contributed by atoms with Crippen molar-refractivity contribution in [2.45, 2.75) is 13.2 Å². The monoisotopic (exact) mass is 149 g/mol. The van der Waals surface area contributed by atoms with E-state index in [-0.39, 0.29) is 6.29 Å². The molecule has 3 heteroatoms. The molecule has 1 aromatic carbocycles. The SMILES string of the molecule is Cc1cccc2c1NC(N)N2. The van der Waals surface area contributed by atoms with Crippen molar-refractivity contribution >= 4 is 11.4 Å². The number of rotatable bonds is 0. The molecule has 1 atom stereocenters. The molecule has 3 nitrogen and oxygen atoms in total. The number of para-hydroxylation sites is 1. The van der Waals surface area contributed by atoms with Crippen LogP contribution in [0, 0.1) is 6.92 Å². The van der Waals surface area contributed by atoms with E-state index in [0.717, 1.165) is 11.4 Å². The molecule has 11 heavy (non-hydrogen) atoms. The van der Waals surface area contributed by atoms with E-state index in [1.807, 2.05) is 12.1 Å². The van der Waals surface area contributed by atoms with Gasteiger partial charge in [0.15, 0.2) is 6.29 Å². The number of aryl methyl sites for hydroxylation is 1. The Morgan fingerprint density at radius 2 is 2.18 bits per heavy atom. The first-order valence-electron chi connectivity index (χ1n) is 3.65. The molecular weight excluding hydrogens is 138 g/mol. The minimum atomic E-state index is -0.133. The molecule has 58 valence electrons. The predicted octanol–water partition coefficient (Wildman–Crippen LogP) is 1.07. The van der Waals surface area contributed by atoms with Gasteiger partial charge in [-0.25, -0.2) is 0 Å². The van der Waals surface area contributed by atoms with Gasteiger partial charge in [-0.05, 0) is 18.6 Å². The second-order valence-corrected chi connectivity index (χ2v) is 2.76. The third-order valence-corrected chi connectivity index (χ3v) is 1.88. The third-order valence-electron chi connectivity index (χ3n) is 1.88. The lowest BCUT2D eigenvalue weighted by molar-refractivity contribution is 0.902. The van der Waals surface area contributed by atoms with E-state index in [1.165, 1.54) is 5.56 Å². The second-order valence-electron chi connectivity index (χ2n) is 2.76. The lowest BCUT2D eigenvalue weighted by atomic mass is 10.2. The highest BCUT2D eigenvalue weighted by atomic mass is 15.3. The van der Waals surface area contributed by atoms with Crippen LogP contribution in [0.25, 0.3) is 0 Å². The van der Waals surface area contributed by atoms with E-state index >= 15 is 0 Å². The van der Waals surface area contributed by atoms with Crippen molar-refractivity contribution in [2.24, 2.45) is 5.73 Å². The zero-order valence-electron chi connectivity index (χ0n) is 6.39. The lowest BCUT2D eigenvalue weighted by Gasteiger charge is -2.03. The summed E-state index contributed by atoms with van der Waals surface area (Å²) in [4.78, 5) is 0. The van der Waals surface area contributed by atoms with Crippen LogP contribution < -0.4 is 16.4 Å². The Bertz CT molecular complexity index is 283. The molecule has 1 heterocycles. The largest absolute Gasteiger partial charge is 0.352 e. The van der Waals surface area contributed by atoms with E-state index in [4.69, 9.17) is 5.73 Å². The molecule has 2 rings (SSSR count). The van der Waals surface area contributed by atoms with E-state index in [1.54, 1.807) is 0 Å². The molecule has 1 aromatic rings. The average Bonchev–Trinajstić information content (AvgIpc) is 2.31. The maximum Gasteiger partial charge on any atom is 0.150 e. The number of anilines is 2. The van der Waals surface area contributed by atoms with Crippen LogP contribution in [0.2, 0.25) is 0 Å². The summed E-state index contributed by atoms with van der Waals surface area (Å²) in [6, 6.07) is 6.09. The van der Waals surface area contributed by atoms with Gasteiger partial charge >= 0.3 is 0 Å². The molecular formula is C8H11N3. The van der Waals surface area contributed by atoms with Crippen LogP contribution in [0.4, 0.5) is 11.4 Å². The maximum absolute atomic E-state index is 5.63. The number of nitrogens with two attached hydrogens (primary N) is 1. The molecule has 4 N–H and O–H groups in total. The summed E-state index contributed by atoms with van der Waals surface area (Å²) in [6.07, 6.45) is -0.133. The zero-order valence-corrected chi connectivity index (χ0v) is 6.39. The Labute approximate surface area is 65.6 Å².